The first-order chi connectivity index (χ1) is 4.86. The highest BCUT2D eigenvalue weighted by Crippen LogP contribution is 2.21. The number of rotatable bonds is 4. The van der Waals surface area contributed by atoms with Crippen LogP contribution in [0.25, 0.3) is 0 Å². The first-order valence-corrected chi connectivity index (χ1v) is 8.30. The van der Waals surface area contributed by atoms with Gasteiger partial charge in [0.2, 0.25) is 0 Å². The van der Waals surface area contributed by atoms with Crippen LogP contribution in [0.1, 0.15) is 13.8 Å². The summed E-state index contributed by atoms with van der Waals surface area (Å²) in [6.45, 7) is 6.01. The van der Waals surface area contributed by atoms with E-state index in [2.05, 4.69) is 13.8 Å². The predicted molar refractivity (Wildman–Crippen MR) is 47.2 cm³/mol. The van der Waals surface area contributed by atoms with Gasteiger partial charge in [0.25, 0.3) is 0 Å². The molecule has 1 fully saturated rings. The second-order valence-corrected chi connectivity index (χ2v) is 9.55. The van der Waals surface area contributed by atoms with Crippen molar-refractivity contribution < 1.29 is 8.85 Å². The van der Waals surface area contributed by atoms with Gasteiger partial charge in [0.1, 0.15) is 0 Å². The van der Waals surface area contributed by atoms with Crippen molar-refractivity contribution in [3.63, 3.8) is 0 Å². The van der Waals surface area contributed by atoms with Crippen LogP contribution in [0.2, 0.25) is 11.3 Å². The minimum absolute atomic E-state index is 0.654. The lowest BCUT2D eigenvalue weighted by Gasteiger charge is -2.31. The summed E-state index contributed by atoms with van der Waals surface area (Å²) in [4.78, 5) is 0. The zero-order valence-corrected chi connectivity index (χ0v) is 9.11. The fourth-order valence-electron chi connectivity index (χ4n) is 1.26. The van der Waals surface area contributed by atoms with Gasteiger partial charge in [-0.15, -0.1) is 0 Å². The first-order valence-electron chi connectivity index (χ1n) is 4.10. The van der Waals surface area contributed by atoms with Gasteiger partial charge in [0, 0.05) is 13.2 Å². The summed E-state index contributed by atoms with van der Waals surface area (Å²) in [5, 5.41) is 0. The van der Waals surface area contributed by atoms with Crippen LogP contribution < -0.4 is 0 Å². The number of hydrogen-bond acceptors (Lipinski definition) is 2. The number of hydrogen-bond donors (Lipinski definition) is 0. The average molecular weight is 176 g/mol. The lowest BCUT2D eigenvalue weighted by atomic mass is 10.9. The Bertz CT molecular complexity index is 83.7. The summed E-state index contributed by atoms with van der Waals surface area (Å²) in [5.74, 6) is 0. The molecule has 0 saturated carbocycles. The van der Waals surface area contributed by atoms with Crippen LogP contribution in [0.3, 0.4) is 0 Å². The maximum atomic E-state index is 5.55. The van der Waals surface area contributed by atoms with E-state index >= 15 is 0 Å². The highest BCUT2D eigenvalue weighted by Gasteiger charge is 2.33. The summed E-state index contributed by atoms with van der Waals surface area (Å²) < 4.78 is 11.1. The zero-order valence-electron chi connectivity index (χ0n) is 6.80. The van der Waals surface area contributed by atoms with Crippen LogP contribution in [0.4, 0.5) is 0 Å². The van der Waals surface area contributed by atoms with Gasteiger partial charge in [0.05, 0.1) is 0 Å². The van der Waals surface area contributed by atoms with Gasteiger partial charge in [-0.1, -0.05) is 0 Å². The van der Waals surface area contributed by atoms with Crippen LogP contribution in [-0.2, 0) is 8.85 Å². The van der Waals surface area contributed by atoms with E-state index in [0.29, 0.717) is 0 Å². The summed E-state index contributed by atoms with van der Waals surface area (Å²) in [5.41, 5.74) is 2.75. The third-order valence-electron chi connectivity index (χ3n) is 1.86. The van der Waals surface area contributed by atoms with E-state index in [1.165, 1.54) is 11.3 Å². The van der Waals surface area contributed by atoms with Gasteiger partial charge >= 0.3 is 0 Å². The molecule has 0 atom stereocenters. The van der Waals surface area contributed by atoms with E-state index in [9.17, 15) is 0 Å². The minimum atomic E-state index is -0.654. The second kappa shape index (κ2) is 4.28. The monoisotopic (exact) mass is 176 g/mol. The Kier molecular flexibility index (Phi) is 3.61. The molecule has 1 rings (SSSR count). The van der Waals surface area contributed by atoms with Gasteiger partial charge < -0.3 is 8.85 Å². The lowest BCUT2D eigenvalue weighted by molar-refractivity contribution is 0.315. The summed E-state index contributed by atoms with van der Waals surface area (Å²) in [6.07, 6.45) is 0. The molecule has 0 amide bonds. The molecule has 0 bridgehead atoms. The Balaban J connectivity index is 1.95. The van der Waals surface area contributed by atoms with Crippen molar-refractivity contribution in [2.75, 3.05) is 13.2 Å². The summed E-state index contributed by atoms with van der Waals surface area (Å²) in [7, 11) is -1.31. The molecule has 0 aliphatic carbocycles. The summed E-state index contributed by atoms with van der Waals surface area (Å²) >= 11 is 0. The first kappa shape index (κ1) is 8.45. The predicted octanol–water partition coefficient (Wildman–Crippen LogP) is 0.599. The highest BCUT2D eigenvalue weighted by atomic mass is 28.4. The SMILES string of the molecule is CCO[SiH]1C[SiH](OCC)C1. The smallest absolute Gasteiger partial charge is 0.175 e. The third kappa shape index (κ3) is 2.19. The van der Waals surface area contributed by atoms with Crippen molar-refractivity contribution in [3.8, 4) is 0 Å². The Morgan fingerprint density at radius 3 is 1.70 bits per heavy atom. The van der Waals surface area contributed by atoms with Gasteiger partial charge in [-0.25, -0.2) is 0 Å². The van der Waals surface area contributed by atoms with Crippen LogP contribution in [0, 0.1) is 0 Å². The van der Waals surface area contributed by atoms with Crippen molar-refractivity contribution in [2.45, 2.75) is 25.2 Å². The summed E-state index contributed by atoms with van der Waals surface area (Å²) in [6, 6.07) is 0. The van der Waals surface area contributed by atoms with E-state index in [0.717, 1.165) is 13.2 Å². The molecule has 0 aromatic carbocycles. The van der Waals surface area contributed by atoms with Crippen LogP contribution in [0.15, 0.2) is 0 Å². The van der Waals surface area contributed by atoms with E-state index in [1.807, 2.05) is 0 Å². The normalized spacial score (nSPS) is 31.8. The van der Waals surface area contributed by atoms with Crippen LogP contribution in [0.5, 0.6) is 0 Å². The van der Waals surface area contributed by atoms with E-state index in [1.54, 1.807) is 0 Å². The van der Waals surface area contributed by atoms with E-state index < -0.39 is 18.1 Å². The van der Waals surface area contributed by atoms with Gasteiger partial charge in [-0.05, 0) is 25.2 Å². The van der Waals surface area contributed by atoms with Gasteiger partial charge in [-0.2, -0.15) is 0 Å². The third-order valence-corrected chi connectivity index (χ3v) is 11.9. The molecule has 1 heterocycles. The molecule has 0 unspecified atom stereocenters. The molecule has 0 spiro atoms. The maximum Gasteiger partial charge on any atom is 0.175 e. The molecule has 1 aliphatic heterocycles. The fourth-order valence-corrected chi connectivity index (χ4v) is 8.52. The Morgan fingerprint density at radius 2 is 1.40 bits per heavy atom. The molecule has 60 valence electrons. The highest BCUT2D eigenvalue weighted by molar-refractivity contribution is 6.89. The van der Waals surface area contributed by atoms with Crippen molar-refractivity contribution in [1.29, 1.82) is 0 Å². The average Bonchev–Trinajstić information content (AvgIpc) is 1.84. The second-order valence-electron chi connectivity index (χ2n) is 2.63. The molecule has 4 heteroatoms. The minimum Gasteiger partial charge on any atom is -0.421 e. The molecule has 0 aromatic rings. The van der Waals surface area contributed by atoms with Crippen LogP contribution in [-0.4, -0.2) is 31.3 Å². The van der Waals surface area contributed by atoms with Crippen molar-refractivity contribution in [2.24, 2.45) is 0 Å². The van der Waals surface area contributed by atoms with Crippen LogP contribution >= 0.6 is 0 Å². The Labute approximate surface area is 66.0 Å². The van der Waals surface area contributed by atoms with Crippen molar-refractivity contribution in [3.05, 3.63) is 0 Å². The van der Waals surface area contributed by atoms with E-state index in [4.69, 9.17) is 8.85 Å². The van der Waals surface area contributed by atoms with Gasteiger partial charge in [-0.3, -0.25) is 0 Å². The fraction of sp³-hybridized carbons (Fsp3) is 1.00. The Morgan fingerprint density at radius 1 is 1.00 bits per heavy atom. The molecule has 1 saturated heterocycles. The molecule has 2 nitrogen and oxygen atoms in total. The quantitative estimate of drug-likeness (QED) is 0.584. The molecular formula is C6H16O2Si2. The van der Waals surface area contributed by atoms with Gasteiger partial charge in [0.15, 0.2) is 18.1 Å². The largest absolute Gasteiger partial charge is 0.421 e. The maximum absolute atomic E-state index is 5.55. The molecule has 1 aliphatic rings. The lowest BCUT2D eigenvalue weighted by Crippen LogP contribution is -2.44. The molecule has 0 aromatic heterocycles. The molecule has 10 heavy (non-hydrogen) atoms. The standard InChI is InChI=1S/C6H16O2Si2/c1-3-7-9-5-10(6-9)8-4-2/h9-10H,3-6H2,1-2H3. The van der Waals surface area contributed by atoms with E-state index in [-0.39, 0.29) is 0 Å². The zero-order chi connectivity index (χ0) is 7.40. The topological polar surface area (TPSA) is 18.5 Å². The van der Waals surface area contributed by atoms with Crippen molar-refractivity contribution >= 4 is 18.1 Å². The molecule has 0 N–H and O–H groups in total. The van der Waals surface area contributed by atoms with Crippen molar-refractivity contribution in [1.82, 2.24) is 0 Å². The Hall–Kier alpha value is 0.354. The molecular weight excluding hydrogens is 160 g/mol. The molecule has 0 radical (unpaired) electrons.